The van der Waals surface area contributed by atoms with E-state index in [1.165, 1.54) is 28.7 Å². The lowest BCUT2D eigenvalue weighted by molar-refractivity contribution is -0.144. The van der Waals surface area contributed by atoms with E-state index in [1.54, 1.807) is 0 Å². The predicted molar refractivity (Wildman–Crippen MR) is 112 cm³/mol. The number of amides is 2. The van der Waals surface area contributed by atoms with Crippen LogP contribution in [0.15, 0.2) is 24.3 Å². The second kappa shape index (κ2) is 9.25. The van der Waals surface area contributed by atoms with Gasteiger partial charge in [0.15, 0.2) is 6.61 Å². The molecule has 0 unspecified atom stereocenters. The van der Waals surface area contributed by atoms with Crippen molar-refractivity contribution in [2.24, 2.45) is 5.73 Å². The van der Waals surface area contributed by atoms with Crippen LogP contribution in [0, 0.1) is 6.92 Å². The second-order valence-electron chi connectivity index (χ2n) is 6.61. The molecule has 3 rings (SSSR count). The van der Waals surface area contributed by atoms with E-state index in [1.807, 2.05) is 31.2 Å². The first-order chi connectivity index (χ1) is 13.4. The molecule has 0 saturated heterocycles. The van der Waals surface area contributed by atoms with Crippen molar-refractivity contribution in [3.05, 3.63) is 51.4 Å². The van der Waals surface area contributed by atoms with E-state index in [2.05, 4.69) is 5.32 Å². The minimum Gasteiger partial charge on any atom is -0.455 e. The zero-order valence-corrected chi connectivity index (χ0v) is 17.2. The Morgan fingerprint density at radius 1 is 1.21 bits per heavy atom. The number of ether oxygens (including phenoxy) is 1. The van der Waals surface area contributed by atoms with Gasteiger partial charge in [-0.3, -0.25) is 14.4 Å². The fourth-order valence-corrected chi connectivity index (χ4v) is 5.13. The van der Waals surface area contributed by atoms with Crippen molar-refractivity contribution in [1.82, 2.24) is 0 Å². The lowest BCUT2D eigenvalue weighted by Gasteiger charge is -2.07. The van der Waals surface area contributed by atoms with Crippen molar-refractivity contribution in [3.8, 4) is 0 Å². The maximum Gasteiger partial charge on any atom is 0.316 e. The lowest BCUT2D eigenvalue weighted by atomic mass is 10.1. The average molecular weight is 419 g/mol. The van der Waals surface area contributed by atoms with E-state index >= 15 is 0 Å². The Morgan fingerprint density at radius 3 is 2.68 bits per heavy atom. The van der Waals surface area contributed by atoms with Crippen LogP contribution >= 0.6 is 23.1 Å². The molecule has 0 saturated carbocycles. The number of benzene rings is 1. The highest BCUT2D eigenvalue weighted by molar-refractivity contribution is 7.99. The van der Waals surface area contributed by atoms with Gasteiger partial charge in [-0.2, -0.15) is 0 Å². The first-order valence-corrected chi connectivity index (χ1v) is 10.9. The lowest BCUT2D eigenvalue weighted by Crippen LogP contribution is -2.23. The van der Waals surface area contributed by atoms with Crippen LogP contribution in [0.5, 0.6) is 0 Å². The van der Waals surface area contributed by atoms with Gasteiger partial charge in [0.1, 0.15) is 5.00 Å². The zero-order chi connectivity index (χ0) is 20.1. The van der Waals surface area contributed by atoms with Crippen LogP contribution in [-0.2, 0) is 32.9 Å². The molecule has 0 spiro atoms. The summed E-state index contributed by atoms with van der Waals surface area (Å²) in [5.41, 5.74) is 9.13. The number of hydrogen-bond donors (Lipinski definition) is 2. The van der Waals surface area contributed by atoms with E-state index in [0.717, 1.165) is 35.3 Å². The molecule has 1 aliphatic carbocycles. The maximum absolute atomic E-state index is 12.1. The van der Waals surface area contributed by atoms with Crippen molar-refractivity contribution in [3.63, 3.8) is 0 Å². The number of thiophene rings is 1. The zero-order valence-electron chi connectivity index (χ0n) is 15.6. The van der Waals surface area contributed by atoms with Gasteiger partial charge in [0, 0.05) is 10.6 Å². The molecular formula is C20H22N2O4S2. The fourth-order valence-electron chi connectivity index (χ4n) is 3.04. The summed E-state index contributed by atoms with van der Waals surface area (Å²) >= 11 is 2.81. The van der Waals surface area contributed by atoms with Gasteiger partial charge in [0.2, 0.25) is 0 Å². The highest BCUT2D eigenvalue weighted by Gasteiger charge is 2.26. The molecule has 28 heavy (non-hydrogen) atoms. The Morgan fingerprint density at radius 2 is 1.96 bits per heavy atom. The van der Waals surface area contributed by atoms with Crippen molar-refractivity contribution in [2.75, 3.05) is 17.7 Å². The van der Waals surface area contributed by atoms with E-state index in [-0.39, 0.29) is 12.4 Å². The van der Waals surface area contributed by atoms with Crippen LogP contribution < -0.4 is 11.1 Å². The Hall–Kier alpha value is -2.32. The molecule has 1 heterocycles. The molecular weight excluding hydrogens is 396 g/mol. The number of fused-ring (bicyclic) bond motifs is 1. The molecule has 0 aliphatic heterocycles. The number of aryl methyl sites for hydroxylation is 2. The van der Waals surface area contributed by atoms with Gasteiger partial charge >= 0.3 is 5.97 Å². The molecule has 0 bridgehead atoms. The van der Waals surface area contributed by atoms with Gasteiger partial charge in [0.05, 0.1) is 11.3 Å². The van der Waals surface area contributed by atoms with Crippen LogP contribution in [0.25, 0.3) is 0 Å². The minimum absolute atomic E-state index is 0.168. The summed E-state index contributed by atoms with van der Waals surface area (Å²) in [4.78, 5) is 36.8. The number of rotatable bonds is 8. The van der Waals surface area contributed by atoms with E-state index in [4.69, 9.17) is 10.5 Å². The highest BCUT2D eigenvalue weighted by atomic mass is 32.2. The number of primary amides is 1. The number of carbonyl (C=O) groups is 3. The quantitative estimate of drug-likeness (QED) is 0.642. The summed E-state index contributed by atoms with van der Waals surface area (Å²) in [7, 11) is 0. The number of thioether (sulfide) groups is 1. The summed E-state index contributed by atoms with van der Waals surface area (Å²) < 4.78 is 5.03. The van der Waals surface area contributed by atoms with Crippen LogP contribution in [0.1, 0.15) is 38.3 Å². The second-order valence-corrected chi connectivity index (χ2v) is 8.70. The summed E-state index contributed by atoms with van der Waals surface area (Å²) in [6, 6.07) is 8.10. The molecule has 0 fully saturated rings. The van der Waals surface area contributed by atoms with Gasteiger partial charge in [-0.15, -0.1) is 23.1 Å². The van der Waals surface area contributed by atoms with Crippen molar-refractivity contribution in [2.45, 2.75) is 31.9 Å². The largest absolute Gasteiger partial charge is 0.455 e. The van der Waals surface area contributed by atoms with Gasteiger partial charge in [0.25, 0.3) is 11.8 Å². The topological polar surface area (TPSA) is 98.5 Å². The number of nitrogens with two attached hydrogens (primary N) is 1. The summed E-state index contributed by atoms with van der Waals surface area (Å²) in [6.07, 6.45) is 2.68. The monoisotopic (exact) mass is 418 g/mol. The first-order valence-electron chi connectivity index (χ1n) is 8.97. The van der Waals surface area contributed by atoms with Crippen LogP contribution in [0.3, 0.4) is 0 Å². The third-order valence-corrected chi connectivity index (χ3v) is 6.58. The predicted octanol–water partition coefficient (Wildman–Crippen LogP) is 3.06. The molecule has 148 valence electrons. The Bertz CT molecular complexity index is 890. The minimum atomic E-state index is -0.542. The maximum atomic E-state index is 12.1. The van der Waals surface area contributed by atoms with E-state index in [9.17, 15) is 14.4 Å². The van der Waals surface area contributed by atoms with Crippen molar-refractivity contribution in [1.29, 1.82) is 0 Å². The van der Waals surface area contributed by atoms with Gasteiger partial charge in [-0.05, 0) is 37.3 Å². The SMILES string of the molecule is Cc1ccc(CSCC(=O)OCC(=O)Nc2sc3c(c2C(N)=O)CCC3)cc1. The first kappa shape index (κ1) is 20.4. The number of anilines is 1. The summed E-state index contributed by atoms with van der Waals surface area (Å²) in [6.45, 7) is 1.64. The molecule has 2 aromatic rings. The summed E-state index contributed by atoms with van der Waals surface area (Å²) in [5, 5.41) is 3.11. The number of carbonyl (C=O) groups excluding carboxylic acids is 3. The van der Waals surface area contributed by atoms with Gasteiger partial charge < -0.3 is 15.8 Å². The molecule has 8 heteroatoms. The smallest absolute Gasteiger partial charge is 0.316 e. The van der Waals surface area contributed by atoms with Crippen molar-refractivity contribution < 1.29 is 19.1 Å². The molecule has 6 nitrogen and oxygen atoms in total. The normalized spacial score (nSPS) is 12.5. The molecule has 1 aliphatic rings. The van der Waals surface area contributed by atoms with E-state index in [0.29, 0.717) is 16.3 Å². The standard InChI is InChI=1S/C20H22N2O4S2/c1-12-5-7-13(8-6-12)10-27-11-17(24)26-9-16(23)22-20-18(19(21)25)14-3-2-4-15(14)28-20/h5-8H,2-4,9-11H2,1H3,(H2,21,25)(H,22,23). The number of esters is 1. The van der Waals surface area contributed by atoms with Crippen LogP contribution in [0.4, 0.5) is 5.00 Å². The van der Waals surface area contributed by atoms with Gasteiger partial charge in [-0.25, -0.2) is 0 Å². The molecule has 0 atom stereocenters. The number of hydrogen-bond acceptors (Lipinski definition) is 6. The molecule has 1 aromatic carbocycles. The molecule has 3 N–H and O–H groups in total. The Kier molecular flexibility index (Phi) is 6.74. The summed E-state index contributed by atoms with van der Waals surface area (Å²) in [5.74, 6) is -0.597. The molecule has 2 amide bonds. The van der Waals surface area contributed by atoms with Crippen LogP contribution in [0.2, 0.25) is 0 Å². The highest BCUT2D eigenvalue weighted by Crippen LogP contribution is 2.38. The Balaban J connectivity index is 1.43. The Labute approximate surface area is 171 Å². The fraction of sp³-hybridized carbons (Fsp3) is 0.350. The molecule has 0 radical (unpaired) electrons. The molecule has 1 aromatic heterocycles. The average Bonchev–Trinajstić information content (AvgIpc) is 3.22. The third kappa shape index (κ3) is 5.14. The third-order valence-electron chi connectivity index (χ3n) is 4.39. The van der Waals surface area contributed by atoms with Crippen molar-refractivity contribution >= 4 is 45.9 Å². The van der Waals surface area contributed by atoms with Gasteiger partial charge in [-0.1, -0.05) is 29.8 Å². The van der Waals surface area contributed by atoms with E-state index < -0.39 is 17.8 Å². The number of nitrogens with one attached hydrogen (secondary N) is 1. The van der Waals surface area contributed by atoms with Crippen LogP contribution in [-0.4, -0.2) is 30.1 Å².